The van der Waals surface area contributed by atoms with E-state index in [1.165, 1.54) is 25.1 Å². The van der Waals surface area contributed by atoms with Gasteiger partial charge in [-0.25, -0.2) is 4.39 Å². The highest BCUT2D eigenvalue weighted by Crippen LogP contribution is 2.33. The summed E-state index contributed by atoms with van der Waals surface area (Å²) in [5.74, 6) is -1.55. The minimum atomic E-state index is -1.24. The number of nitrogens with two attached hydrogens (primary N) is 1. The number of benzene rings is 1. The van der Waals surface area contributed by atoms with Crippen LogP contribution in [0.1, 0.15) is 18.9 Å². The monoisotopic (exact) mass is 223 g/mol. The van der Waals surface area contributed by atoms with E-state index in [9.17, 15) is 14.3 Å². The van der Waals surface area contributed by atoms with Crippen molar-refractivity contribution in [1.82, 2.24) is 0 Å². The highest BCUT2D eigenvalue weighted by atomic mass is 19.1. The highest BCUT2D eigenvalue weighted by molar-refractivity contribution is 5.83. The maximum atomic E-state index is 13.1. The number of carboxylic acid groups (broad SMARTS) is 1. The number of nitrogen functional groups attached to an aromatic ring is 1. The summed E-state index contributed by atoms with van der Waals surface area (Å²) in [5, 5.41) is 9.21. The topological polar surface area (TPSA) is 63.3 Å². The molecule has 1 rings (SSSR count). The molecule has 1 atom stereocenters. The fraction of sp³-hybridized carbons (Fsp3) is 0.250. The van der Waals surface area contributed by atoms with Crippen molar-refractivity contribution >= 4 is 11.7 Å². The summed E-state index contributed by atoms with van der Waals surface area (Å²) in [7, 11) is 0. The number of halogens is 1. The Hall–Kier alpha value is -1.84. The molecular formula is C12H14FNO2. The number of aliphatic carboxylic acids is 1. The van der Waals surface area contributed by atoms with Crippen molar-refractivity contribution in [3.05, 3.63) is 42.2 Å². The highest BCUT2D eigenvalue weighted by Gasteiger charge is 2.35. The van der Waals surface area contributed by atoms with Crippen LogP contribution in [-0.2, 0) is 10.2 Å². The first-order valence-corrected chi connectivity index (χ1v) is 4.81. The lowest BCUT2D eigenvalue weighted by molar-refractivity contribution is -0.143. The summed E-state index contributed by atoms with van der Waals surface area (Å²) in [4.78, 5) is 11.2. The standard InChI is InChI=1S/C12H14FNO2/c1-3-6-12(2,11(15)16)9-7-8(13)4-5-10(9)14/h3-5,7H,1,6,14H2,2H3,(H,15,16). The van der Waals surface area contributed by atoms with Gasteiger partial charge in [0.05, 0.1) is 5.41 Å². The molecule has 3 nitrogen and oxygen atoms in total. The Bertz CT molecular complexity index is 431. The second-order valence-electron chi connectivity index (χ2n) is 3.86. The molecule has 0 heterocycles. The van der Waals surface area contributed by atoms with Gasteiger partial charge in [0, 0.05) is 5.69 Å². The van der Waals surface area contributed by atoms with Gasteiger partial charge < -0.3 is 10.8 Å². The van der Waals surface area contributed by atoms with Crippen LogP contribution < -0.4 is 5.73 Å². The molecule has 0 saturated carbocycles. The van der Waals surface area contributed by atoms with E-state index < -0.39 is 17.2 Å². The number of hydrogen-bond acceptors (Lipinski definition) is 2. The van der Waals surface area contributed by atoms with Crippen molar-refractivity contribution in [2.75, 3.05) is 5.73 Å². The summed E-state index contributed by atoms with van der Waals surface area (Å²) in [6.45, 7) is 5.01. The van der Waals surface area contributed by atoms with E-state index in [0.29, 0.717) is 0 Å². The van der Waals surface area contributed by atoms with Crippen LogP contribution in [0.3, 0.4) is 0 Å². The molecule has 0 bridgehead atoms. The average molecular weight is 223 g/mol. The van der Waals surface area contributed by atoms with Crippen LogP contribution in [0, 0.1) is 5.82 Å². The van der Waals surface area contributed by atoms with Crippen LogP contribution in [-0.4, -0.2) is 11.1 Å². The third-order valence-corrected chi connectivity index (χ3v) is 2.63. The van der Waals surface area contributed by atoms with E-state index in [4.69, 9.17) is 5.73 Å². The maximum absolute atomic E-state index is 13.1. The normalized spacial score (nSPS) is 14.1. The van der Waals surface area contributed by atoms with Crippen molar-refractivity contribution in [3.8, 4) is 0 Å². The fourth-order valence-electron chi connectivity index (χ4n) is 1.61. The molecule has 4 heteroatoms. The third-order valence-electron chi connectivity index (χ3n) is 2.63. The Kier molecular flexibility index (Phi) is 3.32. The maximum Gasteiger partial charge on any atom is 0.314 e. The summed E-state index contributed by atoms with van der Waals surface area (Å²) in [6.07, 6.45) is 1.68. The first kappa shape index (κ1) is 12.2. The van der Waals surface area contributed by atoms with Gasteiger partial charge in [-0.2, -0.15) is 0 Å². The van der Waals surface area contributed by atoms with Gasteiger partial charge in [-0.05, 0) is 37.1 Å². The molecule has 0 amide bonds. The Morgan fingerprint density at radius 3 is 2.81 bits per heavy atom. The molecule has 0 aliphatic carbocycles. The molecule has 0 aromatic heterocycles. The minimum absolute atomic E-state index is 0.190. The summed E-state index contributed by atoms with van der Waals surface area (Å²) < 4.78 is 13.1. The SMILES string of the molecule is C=CCC(C)(C(=O)O)c1cc(F)ccc1N. The number of rotatable bonds is 4. The molecule has 86 valence electrons. The Balaban J connectivity index is 3.36. The van der Waals surface area contributed by atoms with Gasteiger partial charge >= 0.3 is 5.97 Å². The predicted octanol–water partition coefficient (Wildman–Crippen LogP) is 2.33. The first-order chi connectivity index (χ1) is 7.41. The Morgan fingerprint density at radius 2 is 2.31 bits per heavy atom. The van der Waals surface area contributed by atoms with Gasteiger partial charge in [0.15, 0.2) is 0 Å². The second-order valence-corrected chi connectivity index (χ2v) is 3.86. The van der Waals surface area contributed by atoms with E-state index in [0.717, 1.165) is 6.07 Å². The Morgan fingerprint density at radius 1 is 1.69 bits per heavy atom. The molecule has 0 radical (unpaired) electrons. The first-order valence-electron chi connectivity index (χ1n) is 4.81. The van der Waals surface area contributed by atoms with Crippen molar-refractivity contribution in [2.45, 2.75) is 18.8 Å². The number of hydrogen-bond donors (Lipinski definition) is 2. The van der Waals surface area contributed by atoms with Crippen molar-refractivity contribution in [1.29, 1.82) is 0 Å². The molecule has 0 aliphatic rings. The van der Waals surface area contributed by atoms with Crippen molar-refractivity contribution < 1.29 is 14.3 Å². The fourth-order valence-corrected chi connectivity index (χ4v) is 1.61. The minimum Gasteiger partial charge on any atom is -0.481 e. The molecule has 0 saturated heterocycles. The molecule has 0 spiro atoms. The lowest BCUT2D eigenvalue weighted by atomic mass is 9.78. The Labute approximate surface area is 93.4 Å². The lowest BCUT2D eigenvalue weighted by Crippen LogP contribution is -2.32. The zero-order valence-electron chi connectivity index (χ0n) is 9.03. The molecular weight excluding hydrogens is 209 g/mol. The number of allylic oxidation sites excluding steroid dienone is 1. The van der Waals surface area contributed by atoms with Gasteiger partial charge in [0.1, 0.15) is 5.82 Å². The summed E-state index contributed by atoms with van der Waals surface area (Å²) in [6, 6.07) is 3.73. The van der Waals surface area contributed by atoms with Gasteiger partial charge in [-0.3, -0.25) is 4.79 Å². The van der Waals surface area contributed by atoms with E-state index in [-0.39, 0.29) is 17.7 Å². The number of anilines is 1. The quantitative estimate of drug-likeness (QED) is 0.608. The van der Waals surface area contributed by atoms with Gasteiger partial charge in [-0.15, -0.1) is 6.58 Å². The van der Waals surface area contributed by atoms with Crippen LogP contribution in [0.4, 0.5) is 10.1 Å². The molecule has 0 fully saturated rings. The largest absolute Gasteiger partial charge is 0.481 e. The molecule has 1 aromatic carbocycles. The average Bonchev–Trinajstić information content (AvgIpc) is 2.21. The predicted molar refractivity (Wildman–Crippen MR) is 60.6 cm³/mol. The van der Waals surface area contributed by atoms with Crippen molar-refractivity contribution in [3.63, 3.8) is 0 Å². The molecule has 3 N–H and O–H groups in total. The smallest absolute Gasteiger partial charge is 0.314 e. The van der Waals surface area contributed by atoms with E-state index >= 15 is 0 Å². The van der Waals surface area contributed by atoms with Crippen LogP contribution >= 0.6 is 0 Å². The summed E-state index contributed by atoms with van der Waals surface area (Å²) in [5.41, 5.74) is 4.99. The lowest BCUT2D eigenvalue weighted by Gasteiger charge is -2.25. The number of carbonyl (C=O) groups is 1. The van der Waals surface area contributed by atoms with Crippen LogP contribution in [0.15, 0.2) is 30.9 Å². The molecule has 1 aromatic rings. The van der Waals surface area contributed by atoms with Gasteiger partial charge in [-0.1, -0.05) is 6.08 Å². The zero-order chi connectivity index (χ0) is 12.3. The van der Waals surface area contributed by atoms with Crippen LogP contribution in [0.5, 0.6) is 0 Å². The second kappa shape index (κ2) is 4.35. The van der Waals surface area contributed by atoms with Gasteiger partial charge in [0.25, 0.3) is 0 Å². The van der Waals surface area contributed by atoms with Gasteiger partial charge in [0.2, 0.25) is 0 Å². The van der Waals surface area contributed by atoms with E-state index in [2.05, 4.69) is 6.58 Å². The van der Waals surface area contributed by atoms with E-state index in [1.54, 1.807) is 0 Å². The van der Waals surface area contributed by atoms with Crippen molar-refractivity contribution in [2.24, 2.45) is 0 Å². The van der Waals surface area contributed by atoms with Crippen LogP contribution in [0.2, 0.25) is 0 Å². The molecule has 1 unspecified atom stereocenters. The van der Waals surface area contributed by atoms with Crippen LogP contribution in [0.25, 0.3) is 0 Å². The molecule has 16 heavy (non-hydrogen) atoms. The third kappa shape index (κ3) is 2.05. The van der Waals surface area contributed by atoms with E-state index in [1.807, 2.05) is 0 Å². The zero-order valence-corrected chi connectivity index (χ0v) is 9.03. The molecule has 0 aliphatic heterocycles. The number of carboxylic acids is 1. The summed E-state index contributed by atoms with van der Waals surface area (Å²) >= 11 is 0.